The molecule has 10 nitrogen and oxygen atoms in total. The third-order valence-electron chi connectivity index (χ3n) is 7.60. The maximum atomic E-state index is 13.7. The lowest BCUT2D eigenvalue weighted by Crippen LogP contribution is -2.57. The van der Waals surface area contributed by atoms with Gasteiger partial charge < -0.3 is 23.8 Å². The number of anilines is 1. The van der Waals surface area contributed by atoms with Gasteiger partial charge in [0.25, 0.3) is 0 Å². The van der Waals surface area contributed by atoms with Gasteiger partial charge in [-0.2, -0.15) is 13.2 Å². The van der Waals surface area contributed by atoms with Crippen LogP contribution in [0.25, 0.3) is 5.69 Å². The van der Waals surface area contributed by atoms with E-state index in [9.17, 15) is 22.8 Å². The zero-order valence-corrected chi connectivity index (χ0v) is 26.0. The summed E-state index contributed by atoms with van der Waals surface area (Å²) in [6, 6.07) is 2.93. The van der Waals surface area contributed by atoms with E-state index >= 15 is 0 Å². The Hall–Kier alpha value is -3.87. The Kier molecular flexibility index (Phi) is 10.4. The SMILES string of the molecule is CC[C@@H]1C[C@H](N(Cc2cc(Cl)cc(C(F)(F)F)c2)c2ncc(-n3cnc(C(=O)OC)c3)cn2)C[C@H](CC)N1C(=O)OC(C)C. The van der Waals surface area contributed by atoms with Crippen molar-refractivity contribution in [2.24, 2.45) is 0 Å². The van der Waals surface area contributed by atoms with Crippen LogP contribution in [0.2, 0.25) is 5.02 Å². The summed E-state index contributed by atoms with van der Waals surface area (Å²) in [6.45, 7) is 7.64. The van der Waals surface area contributed by atoms with Gasteiger partial charge in [0.1, 0.15) is 6.33 Å². The lowest BCUT2D eigenvalue weighted by Gasteiger charge is -2.47. The fraction of sp³-hybridized carbons (Fsp3) is 0.500. The Bertz CT molecular complexity index is 1440. The number of amides is 1. The van der Waals surface area contributed by atoms with Gasteiger partial charge in [-0.1, -0.05) is 25.4 Å². The van der Waals surface area contributed by atoms with Gasteiger partial charge in [0, 0.05) is 35.9 Å². The first-order chi connectivity index (χ1) is 20.8. The largest absolute Gasteiger partial charge is 0.464 e. The van der Waals surface area contributed by atoms with E-state index < -0.39 is 17.7 Å². The number of methoxy groups -OCH3 is 1. The zero-order valence-electron chi connectivity index (χ0n) is 25.2. The van der Waals surface area contributed by atoms with E-state index in [2.05, 4.69) is 15.0 Å². The number of halogens is 4. The molecule has 14 heteroatoms. The molecule has 0 aliphatic carbocycles. The standard InChI is InChI=1S/C30H36ClF3N6O4/c1-6-22-11-24(12-23(7-2)40(22)29(42)44-18(3)4)39(15-19-8-20(30(32,33)34)10-21(31)9-19)28-35-13-25(14-36-28)38-16-26(37-17-38)27(41)43-5/h8-10,13-14,16-18,22-24H,6-7,11-12,15H2,1-5H3/t22-,23+,24+. The predicted molar refractivity (Wildman–Crippen MR) is 158 cm³/mol. The fourth-order valence-corrected chi connectivity index (χ4v) is 5.78. The van der Waals surface area contributed by atoms with Crippen LogP contribution >= 0.6 is 11.6 Å². The van der Waals surface area contributed by atoms with Crippen LogP contribution in [0, 0.1) is 0 Å². The van der Waals surface area contributed by atoms with Gasteiger partial charge in [0.05, 0.1) is 36.9 Å². The average molecular weight is 637 g/mol. The van der Waals surface area contributed by atoms with Crippen LogP contribution in [0.1, 0.15) is 75.0 Å². The predicted octanol–water partition coefficient (Wildman–Crippen LogP) is 6.69. The molecule has 44 heavy (non-hydrogen) atoms. The molecule has 1 aliphatic rings. The van der Waals surface area contributed by atoms with Crippen molar-refractivity contribution < 1.29 is 32.2 Å². The molecule has 3 aromatic rings. The summed E-state index contributed by atoms with van der Waals surface area (Å²) in [5.41, 5.74) is 0.126. The number of esters is 1. The number of aromatic nitrogens is 4. The van der Waals surface area contributed by atoms with Gasteiger partial charge in [-0.15, -0.1) is 0 Å². The second kappa shape index (κ2) is 13.8. The zero-order chi connectivity index (χ0) is 32.2. The highest BCUT2D eigenvalue weighted by molar-refractivity contribution is 6.30. The van der Waals surface area contributed by atoms with Crippen molar-refractivity contribution in [2.75, 3.05) is 12.0 Å². The molecular formula is C30H36ClF3N6O4. The molecule has 1 aromatic carbocycles. The highest BCUT2D eigenvalue weighted by Gasteiger charge is 2.41. The van der Waals surface area contributed by atoms with Crippen LogP contribution in [0.4, 0.5) is 23.9 Å². The molecular weight excluding hydrogens is 601 g/mol. The second-order valence-electron chi connectivity index (χ2n) is 11.0. The highest BCUT2D eigenvalue weighted by atomic mass is 35.5. The Balaban J connectivity index is 1.71. The summed E-state index contributed by atoms with van der Waals surface area (Å²) in [6.07, 6.45) is 3.15. The molecule has 0 N–H and O–H groups in total. The maximum Gasteiger partial charge on any atom is 0.416 e. The first-order valence-corrected chi connectivity index (χ1v) is 14.8. The van der Waals surface area contributed by atoms with Crippen LogP contribution in [0.15, 0.2) is 43.1 Å². The summed E-state index contributed by atoms with van der Waals surface area (Å²) < 4.78 is 52.8. The molecule has 0 bridgehead atoms. The Labute approximate surface area is 259 Å². The van der Waals surface area contributed by atoms with E-state index in [4.69, 9.17) is 21.1 Å². The van der Waals surface area contributed by atoms with Crippen LogP contribution in [-0.4, -0.2) is 67.8 Å². The number of carbonyl (C=O) groups is 2. The smallest absolute Gasteiger partial charge is 0.416 e. The number of alkyl halides is 3. The van der Waals surface area contributed by atoms with Gasteiger partial charge in [-0.3, -0.25) is 0 Å². The number of nitrogens with zero attached hydrogens (tertiary/aromatic N) is 6. The summed E-state index contributed by atoms with van der Waals surface area (Å²) >= 11 is 6.13. The van der Waals surface area contributed by atoms with E-state index in [1.54, 1.807) is 35.7 Å². The maximum absolute atomic E-state index is 13.7. The van der Waals surface area contributed by atoms with E-state index in [1.165, 1.54) is 25.7 Å². The number of rotatable bonds is 9. The second-order valence-corrected chi connectivity index (χ2v) is 11.4. The summed E-state index contributed by atoms with van der Waals surface area (Å²) in [5, 5.41) is -0.0309. The van der Waals surface area contributed by atoms with Gasteiger partial charge in [-0.05, 0) is 63.3 Å². The van der Waals surface area contributed by atoms with Crippen molar-refractivity contribution >= 4 is 29.6 Å². The number of likely N-dealkylation sites (tertiary alicyclic amines) is 1. The minimum atomic E-state index is -4.57. The van der Waals surface area contributed by atoms with Crippen molar-refractivity contribution in [3.05, 3.63) is 65.0 Å². The van der Waals surface area contributed by atoms with Crippen LogP contribution < -0.4 is 4.90 Å². The summed E-state index contributed by atoms with van der Waals surface area (Å²) in [7, 11) is 1.26. The van der Waals surface area contributed by atoms with Gasteiger partial charge >= 0.3 is 18.2 Å². The van der Waals surface area contributed by atoms with E-state index in [-0.39, 0.29) is 47.6 Å². The molecule has 238 valence electrons. The normalized spacial score (nSPS) is 18.8. The van der Waals surface area contributed by atoms with Crippen LogP contribution in [0.5, 0.6) is 0 Å². The molecule has 1 fully saturated rings. The lowest BCUT2D eigenvalue weighted by atomic mass is 9.87. The lowest BCUT2D eigenvalue weighted by molar-refractivity contribution is -0.137. The number of imidazole rings is 1. The van der Waals surface area contributed by atoms with Crippen molar-refractivity contribution in [2.45, 2.75) is 90.3 Å². The van der Waals surface area contributed by atoms with E-state index in [0.29, 0.717) is 42.9 Å². The Morgan fingerprint density at radius 1 is 1.07 bits per heavy atom. The molecule has 2 aromatic heterocycles. The number of carbonyl (C=O) groups excluding carboxylic acids is 2. The number of ether oxygens (including phenoxy) is 2. The summed E-state index contributed by atoms with van der Waals surface area (Å²) in [4.78, 5) is 41.8. The van der Waals surface area contributed by atoms with Crippen molar-refractivity contribution in [1.29, 1.82) is 0 Å². The van der Waals surface area contributed by atoms with E-state index in [0.717, 1.165) is 12.1 Å². The Morgan fingerprint density at radius 2 is 1.70 bits per heavy atom. The number of benzene rings is 1. The Morgan fingerprint density at radius 3 is 2.25 bits per heavy atom. The number of piperidine rings is 1. The molecule has 0 radical (unpaired) electrons. The molecule has 1 amide bonds. The number of hydrogen-bond donors (Lipinski definition) is 0. The third-order valence-corrected chi connectivity index (χ3v) is 7.82. The van der Waals surface area contributed by atoms with Crippen molar-refractivity contribution in [1.82, 2.24) is 24.4 Å². The highest BCUT2D eigenvalue weighted by Crippen LogP contribution is 2.36. The molecule has 0 unspecified atom stereocenters. The quantitative estimate of drug-likeness (QED) is 0.239. The van der Waals surface area contributed by atoms with Gasteiger partial charge in [0.15, 0.2) is 5.69 Å². The van der Waals surface area contributed by atoms with Crippen molar-refractivity contribution in [3.63, 3.8) is 0 Å². The molecule has 4 rings (SSSR count). The molecule has 0 spiro atoms. The minimum absolute atomic E-state index is 0.0309. The van der Waals surface area contributed by atoms with Gasteiger partial charge in [0.2, 0.25) is 5.95 Å². The van der Waals surface area contributed by atoms with E-state index in [1.807, 2.05) is 18.7 Å². The number of hydrogen-bond acceptors (Lipinski definition) is 8. The molecule has 0 saturated carbocycles. The third kappa shape index (κ3) is 7.61. The molecule has 3 heterocycles. The minimum Gasteiger partial charge on any atom is -0.464 e. The molecule has 3 atom stereocenters. The van der Waals surface area contributed by atoms with Crippen LogP contribution in [-0.2, 0) is 22.2 Å². The summed E-state index contributed by atoms with van der Waals surface area (Å²) in [5.74, 6) is -0.296. The molecule has 1 saturated heterocycles. The molecule has 1 aliphatic heterocycles. The fourth-order valence-electron chi connectivity index (χ4n) is 5.53. The van der Waals surface area contributed by atoms with Gasteiger partial charge in [-0.25, -0.2) is 24.5 Å². The monoisotopic (exact) mass is 636 g/mol. The first-order valence-electron chi connectivity index (χ1n) is 14.4. The van der Waals surface area contributed by atoms with Crippen LogP contribution in [0.3, 0.4) is 0 Å². The topological polar surface area (TPSA) is 103 Å². The first kappa shape index (κ1) is 33.0. The average Bonchev–Trinajstić information content (AvgIpc) is 3.48. The van der Waals surface area contributed by atoms with Crippen molar-refractivity contribution in [3.8, 4) is 5.69 Å².